The Morgan fingerprint density at radius 2 is 1.64 bits per heavy atom. The maximum absolute atomic E-state index is 13.3. The minimum atomic E-state index is -3.30. The number of rotatable bonds is 9. The van der Waals surface area contributed by atoms with Gasteiger partial charge in [-0.25, -0.2) is 8.96 Å². The molecule has 2 aromatic carbocycles. The van der Waals surface area contributed by atoms with Crippen LogP contribution in [0, 0.1) is 5.82 Å². The van der Waals surface area contributed by atoms with Gasteiger partial charge in [-0.15, -0.1) is 0 Å². The van der Waals surface area contributed by atoms with Gasteiger partial charge >= 0.3 is 6.80 Å². The van der Waals surface area contributed by atoms with Gasteiger partial charge in [0.15, 0.2) is 0 Å². The maximum Gasteiger partial charge on any atom is 0.390 e. The van der Waals surface area contributed by atoms with Crippen molar-refractivity contribution in [2.75, 3.05) is 13.2 Å². The van der Waals surface area contributed by atoms with Gasteiger partial charge in [-0.1, -0.05) is 54.6 Å². The number of benzene rings is 2. The predicted molar refractivity (Wildman–Crippen MR) is 103 cm³/mol. The van der Waals surface area contributed by atoms with Crippen molar-refractivity contribution >= 4 is 24.3 Å². The van der Waals surface area contributed by atoms with E-state index in [1.54, 1.807) is 26.0 Å². The van der Waals surface area contributed by atoms with Crippen molar-refractivity contribution in [3.05, 3.63) is 77.6 Å². The second-order valence-electron chi connectivity index (χ2n) is 5.13. The monoisotopic (exact) mass is 380 g/mol. The molecule has 0 aliphatic carbocycles. The molecule has 0 aliphatic heterocycles. The Labute approximate surface area is 152 Å². The molecule has 3 nitrogen and oxygen atoms in total. The van der Waals surface area contributed by atoms with Crippen LogP contribution in [0.2, 0.25) is 0 Å². The largest absolute Gasteiger partial charge is 0.390 e. The van der Waals surface area contributed by atoms with E-state index in [0.717, 1.165) is 22.5 Å². The Balaban J connectivity index is 2.29. The van der Waals surface area contributed by atoms with Crippen molar-refractivity contribution in [2.45, 2.75) is 19.1 Å². The first-order valence-electron chi connectivity index (χ1n) is 8.12. The van der Waals surface area contributed by atoms with E-state index in [4.69, 9.17) is 9.05 Å². The van der Waals surface area contributed by atoms with Crippen LogP contribution in [0.25, 0.3) is 6.08 Å². The van der Waals surface area contributed by atoms with Gasteiger partial charge in [0, 0.05) is 0 Å². The van der Waals surface area contributed by atoms with Crippen LogP contribution >= 0.6 is 18.2 Å². The summed E-state index contributed by atoms with van der Waals surface area (Å²) in [7, 11) is 0. The summed E-state index contributed by atoms with van der Waals surface area (Å²) in [6.07, 6.45) is 3.88. The van der Waals surface area contributed by atoms with Gasteiger partial charge in [0.2, 0.25) is 0 Å². The molecule has 2 aromatic rings. The van der Waals surface area contributed by atoms with Crippen LogP contribution in [0.4, 0.5) is 4.39 Å². The molecular formula is C19H22FO3PS. The molecule has 0 aliphatic rings. The highest BCUT2D eigenvalue weighted by molar-refractivity contribution is 8.55. The van der Waals surface area contributed by atoms with Crippen LogP contribution in [0.15, 0.2) is 60.7 Å². The molecule has 0 radical (unpaired) electrons. The van der Waals surface area contributed by atoms with Crippen LogP contribution in [-0.4, -0.2) is 13.2 Å². The molecule has 6 heteroatoms. The first kappa shape index (κ1) is 19.9. The fourth-order valence-electron chi connectivity index (χ4n) is 2.18. The number of halogens is 1. The molecule has 0 heterocycles. The highest BCUT2D eigenvalue weighted by atomic mass is 32.7. The fraction of sp³-hybridized carbons (Fsp3) is 0.263. The summed E-state index contributed by atoms with van der Waals surface area (Å²) in [5.41, 5.74) is 1.86. The van der Waals surface area contributed by atoms with Gasteiger partial charge in [-0.05, 0) is 48.5 Å². The quantitative estimate of drug-likeness (QED) is 0.466. The van der Waals surface area contributed by atoms with Crippen molar-refractivity contribution in [2.24, 2.45) is 0 Å². The van der Waals surface area contributed by atoms with Crippen molar-refractivity contribution in [1.82, 2.24) is 0 Å². The first-order chi connectivity index (χ1) is 12.1. The number of hydrogen-bond acceptors (Lipinski definition) is 4. The molecule has 2 rings (SSSR count). The average molecular weight is 380 g/mol. The Hall–Kier alpha value is -1.39. The summed E-state index contributed by atoms with van der Waals surface area (Å²) in [5, 5.41) is -0.287. The summed E-state index contributed by atoms with van der Waals surface area (Å²) in [4.78, 5) is 0. The van der Waals surface area contributed by atoms with E-state index in [9.17, 15) is 8.96 Å². The third-order valence-electron chi connectivity index (χ3n) is 3.28. The van der Waals surface area contributed by atoms with E-state index in [1.165, 1.54) is 12.1 Å². The molecule has 0 saturated heterocycles. The van der Waals surface area contributed by atoms with Crippen molar-refractivity contribution in [3.8, 4) is 0 Å². The van der Waals surface area contributed by atoms with Crippen LogP contribution < -0.4 is 0 Å². The molecule has 0 saturated carbocycles. The summed E-state index contributed by atoms with van der Waals surface area (Å²) >= 11 is 1.12. The summed E-state index contributed by atoms with van der Waals surface area (Å²) in [5.74, 6) is -0.308. The van der Waals surface area contributed by atoms with E-state index in [-0.39, 0.29) is 11.1 Å². The smallest absolute Gasteiger partial charge is 0.301 e. The van der Waals surface area contributed by atoms with Crippen molar-refractivity contribution < 1.29 is 18.0 Å². The topological polar surface area (TPSA) is 35.5 Å². The molecule has 25 heavy (non-hydrogen) atoms. The number of hydrogen-bond donors (Lipinski definition) is 0. The molecule has 0 fully saturated rings. The first-order valence-corrected chi connectivity index (χ1v) is 11.2. The highest BCUT2D eigenvalue weighted by Gasteiger charge is 2.29. The molecule has 134 valence electrons. The third kappa shape index (κ3) is 6.44. The van der Waals surface area contributed by atoms with E-state index < -0.39 is 6.80 Å². The summed E-state index contributed by atoms with van der Waals surface area (Å²) < 4.78 is 36.9. The lowest BCUT2D eigenvalue weighted by Gasteiger charge is -2.20. The van der Waals surface area contributed by atoms with Gasteiger partial charge in [-0.3, -0.25) is 0 Å². The predicted octanol–water partition coefficient (Wildman–Crippen LogP) is 6.49. The molecular weight excluding hydrogens is 358 g/mol. The van der Waals surface area contributed by atoms with Gasteiger partial charge in [-0.2, -0.15) is 0 Å². The van der Waals surface area contributed by atoms with Crippen LogP contribution in [0.1, 0.15) is 30.2 Å². The lowest BCUT2D eigenvalue weighted by Crippen LogP contribution is -1.97. The van der Waals surface area contributed by atoms with Crippen molar-refractivity contribution in [1.29, 1.82) is 0 Å². The minimum absolute atomic E-state index is 0.287. The van der Waals surface area contributed by atoms with Gasteiger partial charge < -0.3 is 9.05 Å². The zero-order valence-electron chi connectivity index (χ0n) is 14.3. The molecule has 0 bridgehead atoms. The van der Waals surface area contributed by atoms with Crippen LogP contribution in [-0.2, 0) is 13.6 Å². The molecule has 1 unspecified atom stereocenters. The third-order valence-corrected chi connectivity index (χ3v) is 7.43. The zero-order valence-corrected chi connectivity index (χ0v) is 16.0. The normalized spacial score (nSPS) is 13.2. The highest BCUT2D eigenvalue weighted by Crippen LogP contribution is 2.65. The second kappa shape index (κ2) is 9.93. The lowest BCUT2D eigenvalue weighted by atomic mass is 10.1. The van der Waals surface area contributed by atoms with E-state index >= 15 is 0 Å². The Morgan fingerprint density at radius 3 is 2.20 bits per heavy atom. The van der Waals surface area contributed by atoms with E-state index in [0.29, 0.717) is 13.2 Å². The van der Waals surface area contributed by atoms with Gasteiger partial charge in [0.05, 0.1) is 18.5 Å². The fourth-order valence-corrected chi connectivity index (χ4v) is 6.12. The molecule has 0 aromatic heterocycles. The Kier molecular flexibility index (Phi) is 7.91. The summed E-state index contributed by atoms with van der Waals surface area (Å²) in [6.45, 7) is 0.840. The van der Waals surface area contributed by atoms with E-state index in [2.05, 4.69) is 0 Å². The zero-order chi connectivity index (χ0) is 18.1. The van der Waals surface area contributed by atoms with E-state index in [1.807, 2.05) is 42.5 Å². The standard InChI is InChI=1S/C19H22FO3PS/c1-3-22-24(21,23-4-2)25-19(17-11-13-18(20)14-12-17)15-10-16-8-6-5-7-9-16/h5-15,19H,3-4H2,1-2H3/b15-10+. The second-order valence-corrected chi connectivity index (χ2v) is 9.23. The summed E-state index contributed by atoms with van der Waals surface area (Å²) in [6, 6.07) is 16.0. The maximum atomic E-state index is 13.3. The SMILES string of the molecule is CCOP(=O)(OCC)SC(/C=C/c1ccccc1)c1ccc(F)cc1. The Bertz CT molecular complexity index is 709. The molecule has 0 N–H and O–H groups in total. The van der Waals surface area contributed by atoms with Crippen LogP contribution in [0.5, 0.6) is 0 Å². The molecule has 0 spiro atoms. The van der Waals surface area contributed by atoms with Gasteiger partial charge in [0.1, 0.15) is 5.82 Å². The lowest BCUT2D eigenvalue weighted by molar-refractivity contribution is 0.237. The minimum Gasteiger partial charge on any atom is -0.301 e. The average Bonchev–Trinajstić information content (AvgIpc) is 2.61. The van der Waals surface area contributed by atoms with Gasteiger partial charge in [0.25, 0.3) is 0 Å². The van der Waals surface area contributed by atoms with Crippen LogP contribution in [0.3, 0.4) is 0 Å². The Morgan fingerprint density at radius 1 is 1.04 bits per heavy atom. The molecule has 1 atom stereocenters. The molecule has 0 amide bonds. The van der Waals surface area contributed by atoms with Crippen molar-refractivity contribution in [3.63, 3.8) is 0 Å².